The quantitative estimate of drug-likeness (QED) is 0.358. The van der Waals surface area contributed by atoms with Gasteiger partial charge in [-0.25, -0.2) is 0 Å². The Labute approximate surface area is 62.8 Å². The highest BCUT2D eigenvalue weighted by molar-refractivity contribution is 5.02. The fourth-order valence-corrected chi connectivity index (χ4v) is 0.555. The van der Waals surface area contributed by atoms with Crippen LogP contribution in [0.1, 0.15) is 26.2 Å². The van der Waals surface area contributed by atoms with Crippen molar-refractivity contribution in [3.8, 4) is 11.8 Å². The second kappa shape index (κ2) is 6.38. The largest absolute Gasteiger partial charge is 0.381 e. The van der Waals surface area contributed by atoms with Crippen LogP contribution in [0.4, 0.5) is 0 Å². The van der Waals surface area contributed by atoms with Crippen molar-refractivity contribution < 1.29 is 5.11 Å². The van der Waals surface area contributed by atoms with Gasteiger partial charge in [-0.2, -0.15) is 0 Å². The second-order valence-electron chi connectivity index (χ2n) is 2.18. The summed E-state index contributed by atoms with van der Waals surface area (Å²) in [5, 5.41) is 8.72. The topological polar surface area (TPSA) is 20.2 Å². The van der Waals surface area contributed by atoms with Crippen LogP contribution < -0.4 is 0 Å². The highest BCUT2D eigenvalue weighted by Gasteiger charge is 1.82. The van der Waals surface area contributed by atoms with E-state index in [0.29, 0.717) is 0 Å². The molecule has 0 spiro atoms. The van der Waals surface area contributed by atoms with Gasteiger partial charge in [0.15, 0.2) is 0 Å². The zero-order chi connectivity index (χ0) is 7.82. The predicted octanol–water partition coefficient (Wildman–Crippen LogP) is 1.73. The van der Waals surface area contributed by atoms with E-state index in [2.05, 4.69) is 18.4 Å². The molecule has 0 saturated carbocycles. The van der Waals surface area contributed by atoms with E-state index in [9.17, 15) is 0 Å². The zero-order valence-electron chi connectivity index (χ0n) is 6.43. The third-order valence-electron chi connectivity index (χ3n) is 1.02. The lowest BCUT2D eigenvalue weighted by molar-refractivity contribution is 0.253. The van der Waals surface area contributed by atoms with Crippen molar-refractivity contribution in [1.29, 1.82) is 0 Å². The van der Waals surface area contributed by atoms with Crippen LogP contribution >= 0.6 is 0 Å². The standard InChI is InChI=1S/C9H14O/c1-3-4-5-6-7-8-9(2)10/h3,9-10H,1,4-6H2,2H3/t9-/m0/s1. The maximum Gasteiger partial charge on any atom is 0.111 e. The minimum Gasteiger partial charge on any atom is -0.381 e. The van der Waals surface area contributed by atoms with Crippen molar-refractivity contribution in [2.45, 2.75) is 32.3 Å². The normalized spacial score (nSPS) is 11.4. The van der Waals surface area contributed by atoms with Crippen LogP contribution in [0.25, 0.3) is 0 Å². The fourth-order valence-electron chi connectivity index (χ4n) is 0.555. The fraction of sp³-hybridized carbons (Fsp3) is 0.556. The van der Waals surface area contributed by atoms with Gasteiger partial charge in [-0.3, -0.25) is 0 Å². The Morgan fingerprint density at radius 3 is 2.90 bits per heavy atom. The molecule has 10 heavy (non-hydrogen) atoms. The molecule has 1 N–H and O–H groups in total. The van der Waals surface area contributed by atoms with Crippen LogP contribution in [0.2, 0.25) is 0 Å². The molecule has 0 bridgehead atoms. The summed E-state index contributed by atoms with van der Waals surface area (Å²) in [6.45, 7) is 5.26. The zero-order valence-corrected chi connectivity index (χ0v) is 6.43. The Bertz CT molecular complexity index is 137. The van der Waals surface area contributed by atoms with E-state index in [0.717, 1.165) is 19.3 Å². The average Bonchev–Trinajstić information content (AvgIpc) is 1.87. The van der Waals surface area contributed by atoms with Crippen molar-refractivity contribution in [2.75, 3.05) is 0 Å². The van der Waals surface area contributed by atoms with Crippen molar-refractivity contribution in [2.24, 2.45) is 0 Å². The molecule has 1 nitrogen and oxygen atoms in total. The van der Waals surface area contributed by atoms with E-state index in [-0.39, 0.29) is 0 Å². The Hall–Kier alpha value is -0.740. The molecule has 0 heterocycles. The first-order valence-corrected chi connectivity index (χ1v) is 3.54. The summed E-state index contributed by atoms with van der Waals surface area (Å²) in [7, 11) is 0. The van der Waals surface area contributed by atoms with Crippen molar-refractivity contribution >= 4 is 0 Å². The molecule has 0 aliphatic heterocycles. The molecule has 0 aliphatic rings. The van der Waals surface area contributed by atoms with Gasteiger partial charge in [0, 0.05) is 6.42 Å². The van der Waals surface area contributed by atoms with Gasteiger partial charge in [0.25, 0.3) is 0 Å². The van der Waals surface area contributed by atoms with Gasteiger partial charge in [0.2, 0.25) is 0 Å². The summed E-state index contributed by atoms with van der Waals surface area (Å²) in [4.78, 5) is 0. The average molecular weight is 138 g/mol. The van der Waals surface area contributed by atoms with Crippen LogP contribution in [-0.4, -0.2) is 11.2 Å². The van der Waals surface area contributed by atoms with E-state index in [4.69, 9.17) is 5.11 Å². The molecule has 0 unspecified atom stereocenters. The highest BCUT2D eigenvalue weighted by Crippen LogP contribution is 1.93. The van der Waals surface area contributed by atoms with E-state index >= 15 is 0 Å². The van der Waals surface area contributed by atoms with Gasteiger partial charge in [-0.05, 0) is 19.8 Å². The number of aliphatic hydroxyl groups is 1. The molecule has 0 fully saturated rings. The third kappa shape index (κ3) is 7.26. The minimum absolute atomic E-state index is 0.483. The molecule has 56 valence electrons. The van der Waals surface area contributed by atoms with Crippen molar-refractivity contribution in [3.63, 3.8) is 0 Å². The summed E-state index contributed by atoms with van der Waals surface area (Å²) >= 11 is 0. The molecular formula is C9H14O. The lowest BCUT2D eigenvalue weighted by atomic mass is 10.2. The molecule has 0 amide bonds. The molecule has 1 atom stereocenters. The first-order chi connectivity index (χ1) is 4.77. The first-order valence-electron chi connectivity index (χ1n) is 3.54. The van der Waals surface area contributed by atoms with Gasteiger partial charge in [0.1, 0.15) is 6.10 Å². The maximum atomic E-state index is 8.72. The molecule has 0 rings (SSSR count). The molecule has 0 saturated heterocycles. The van der Waals surface area contributed by atoms with Gasteiger partial charge in [-0.1, -0.05) is 12.0 Å². The number of unbranched alkanes of at least 4 members (excludes halogenated alkanes) is 2. The van der Waals surface area contributed by atoms with Crippen molar-refractivity contribution in [3.05, 3.63) is 12.7 Å². The summed E-state index contributed by atoms with van der Waals surface area (Å²) < 4.78 is 0. The number of allylic oxidation sites excluding steroid dienone is 1. The summed E-state index contributed by atoms with van der Waals surface area (Å²) in [5.41, 5.74) is 0. The number of hydrogen-bond donors (Lipinski definition) is 1. The Morgan fingerprint density at radius 2 is 2.40 bits per heavy atom. The van der Waals surface area contributed by atoms with Crippen LogP contribution in [0.15, 0.2) is 12.7 Å². The SMILES string of the molecule is C=CCCCC#C[C@H](C)O. The Kier molecular flexibility index (Phi) is 5.91. The Balaban J connectivity index is 3.20. The summed E-state index contributed by atoms with van der Waals surface area (Å²) in [6, 6.07) is 0. The lowest BCUT2D eigenvalue weighted by Gasteiger charge is -1.88. The number of hydrogen-bond acceptors (Lipinski definition) is 1. The van der Waals surface area contributed by atoms with Crippen LogP contribution in [-0.2, 0) is 0 Å². The number of aliphatic hydroxyl groups excluding tert-OH is 1. The van der Waals surface area contributed by atoms with Gasteiger partial charge >= 0.3 is 0 Å². The van der Waals surface area contributed by atoms with E-state index < -0.39 is 6.10 Å². The van der Waals surface area contributed by atoms with Crippen molar-refractivity contribution in [1.82, 2.24) is 0 Å². The smallest absolute Gasteiger partial charge is 0.111 e. The predicted molar refractivity (Wildman–Crippen MR) is 43.5 cm³/mol. The van der Waals surface area contributed by atoms with E-state index in [1.165, 1.54) is 0 Å². The highest BCUT2D eigenvalue weighted by atomic mass is 16.3. The van der Waals surface area contributed by atoms with Crippen LogP contribution in [0.3, 0.4) is 0 Å². The van der Waals surface area contributed by atoms with Crippen LogP contribution in [0, 0.1) is 11.8 Å². The molecule has 0 aliphatic carbocycles. The summed E-state index contributed by atoms with van der Waals surface area (Å²) in [5.74, 6) is 5.55. The number of rotatable bonds is 3. The maximum absolute atomic E-state index is 8.72. The first kappa shape index (κ1) is 9.26. The van der Waals surface area contributed by atoms with Gasteiger partial charge in [0.05, 0.1) is 0 Å². The molecular weight excluding hydrogens is 124 g/mol. The van der Waals surface area contributed by atoms with E-state index in [1.54, 1.807) is 6.92 Å². The lowest BCUT2D eigenvalue weighted by Crippen LogP contribution is -1.92. The molecule has 1 heteroatoms. The van der Waals surface area contributed by atoms with Gasteiger partial charge in [-0.15, -0.1) is 12.5 Å². The molecule has 0 aromatic carbocycles. The monoisotopic (exact) mass is 138 g/mol. The van der Waals surface area contributed by atoms with Gasteiger partial charge < -0.3 is 5.11 Å². The van der Waals surface area contributed by atoms with Crippen LogP contribution in [0.5, 0.6) is 0 Å². The molecule has 0 aromatic rings. The molecule has 0 aromatic heterocycles. The van der Waals surface area contributed by atoms with E-state index in [1.807, 2.05) is 6.08 Å². The third-order valence-corrected chi connectivity index (χ3v) is 1.02. The molecule has 0 radical (unpaired) electrons. The minimum atomic E-state index is -0.483. The second-order valence-corrected chi connectivity index (χ2v) is 2.18. The Morgan fingerprint density at radius 1 is 1.70 bits per heavy atom. The summed E-state index contributed by atoms with van der Waals surface area (Å²) in [6.07, 6.45) is 4.31.